The van der Waals surface area contributed by atoms with Crippen LogP contribution in [0, 0.1) is 13.8 Å². The molecule has 0 saturated carbocycles. The zero-order chi connectivity index (χ0) is 26.3. The summed E-state index contributed by atoms with van der Waals surface area (Å²) in [7, 11) is 0. The zero-order valence-corrected chi connectivity index (χ0v) is 21.9. The molecule has 2 aliphatic heterocycles. The van der Waals surface area contributed by atoms with Gasteiger partial charge in [0.15, 0.2) is 0 Å². The lowest BCUT2D eigenvalue weighted by Crippen LogP contribution is -2.16. The largest absolute Gasteiger partial charge is 0.457 e. The van der Waals surface area contributed by atoms with Crippen molar-refractivity contribution in [2.75, 3.05) is 0 Å². The van der Waals surface area contributed by atoms with Crippen LogP contribution in [0.1, 0.15) is 45.2 Å². The van der Waals surface area contributed by atoms with E-state index in [-0.39, 0.29) is 0 Å². The van der Waals surface area contributed by atoms with Gasteiger partial charge in [-0.1, -0.05) is 65.7 Å². The third-order valence-electron chi connectivity index (χ3n) is 7.26. The molecule has 0 aromatic heterocycles. The van der Waals surface area contributed by atoms with Gasteiger partial charge in [-0.05, 0) is 73.5 Å². The van der Waals surface area contributed by atoms with Crippen molar-refractivity contribution in [3.05, 3.63) is 142 Å². The first-order valence-corrected chi connectivity index (χ1v) is 13.3. The molecule has 0 radical (unpaired) electrons. The molecule has 0 N–H and O–H groups in total. The molecule has 5 aromatic carbocycles. The fourth-order valence-corrected chi connectivity index (χ4v) is 5.29. The van der Waals surface area contributed by atoms with E-state index < -0.39 is 6.29 Å². The van der Waals surface area contributed by atoms with Crippen molar-refractivity contribution in [2.45, 2.75) is 33.0 Å². The van der Waals surface area contributed by atoms with Gasteiger partial charge < -0.3 is 18.9 Å². The van der Waals surface area contributed by atoms with Gasteiger partial charge in [-0.2, -0.15) is 0 Å². The Labute approximate surface area is 228 Å². The molecule has 7 rings (SSSR count). The normalized spacial score (nSPS) is 12.8. The lowest BCUT2D eigenvalue weighted by atomic mass is 9.98. The summed E-state index contributed by atoms with van der Waals surface area (Å²) in [6.45, 7) is 4.20. The highest BCUT2D eigenvalue weighted by atomic mass is 16.7. The average Bonchev–Trinajstić information content (AvgIpc) is 2.95. The Morgan fingerprint density at radius 3 is 1.44 bits per heavy atom. The number of rotatable bonds is 5. The van der Waals surface area contributed by atoms with Crippen molar-refractivity contribution in [1.29, 1.82) is 0 Å². The van der Waals surface area contributed by atoms with Gasteiger partial charge in [0, 0.05) is 29.5 Å². The molecule has 0 spiro atoms. The summed E-state index contributed by atoms with van der Waals surface area (Å²) < 4.78 is 25.3. The van der Waals surface area contributed by atoms with Gasteiger partial charge in [0.25, 0.3) is 6.29 Å². The van der Waals surface area contributed by atoms with Crippen molar-refractivity contribution >= 4 is 0 Å². The van der Waals surface area contributed by atoms with Gasteiger partial charge in [0.2, 0.25) is 0 Å². The topological polar surface area (TPSA) is 36.9 Å². The van der Waals surface area contributed by atoms with E-state index in [9.17, 15) is 0 Å². The molecular weight excluding hydrogens is 484 g/mol. The second kappa shape index (κ2) is 9.55. The number of hydrogen-bond acceptors (Lipinski definition) is 4. The SMILES string of the molecule is Cc1ccc2c(c1)Cc1cc(OC(Oc3ccc4c(c3)Cc3cc(C)ccc3O4)c3ccccc3)ccc1O2. The molecule has 2 heterocycles. The van der Waals surface area contributed by atoms with Crippen LogP contribution in [0.3, 0.4) is 0 Å². The molecule has 2 aliphatic rings. The molecule has 192 valence electrons. The molecule has 4 heteroatoms. The van der Waals surface area contributed by atoms with E-state index in [0.717, 1.165) is 64.0 Å². The van der Waals surface area contributed by atoms with Crippen molar-refractivity contribution in [1.82, 2.24) is 0 Å². The number of fused-ring (bicyclic) bond motifs is 4. The first kappa shape index (κ1) is 23.4. The van der Waals surface area contributed by atoms with Crippen molar-refractivity contribution in [2.24, 2.45) is 0 Å². The van der Waals surface area contributed by atoms with Crippen LogP contribution in [0.4, 0.5) is 0 Å². The van der Waals surface area contributed by atoms with Gasteiger partial charge in [0.1, 0.15) is 34.5 Å². The molecule has 4 nitrogen and oxygen atoms in total. The third-order valence-corrected chi connectivity index (χ3v) is 7.26. The highest BCUT2D eigenvalue weighted by Gasteiger charge is 2.22. The molecule has 0 aliphatic carbocycles. The standard InChI is InChI=1S/C35H28O4/c1-22-8-12-31-25(16-22)18-27-20-29(10-14-33(27)38-31)36-35(24-6-4-3-5-7-24)37-30-11-15-34-28(21-30)19-26-17-23(2)9-13-32(26)39-34/h3-17,20-21,35H,18-19H2,1-2H3. The van der Waals surface area contributed by atoms with Gasteiger partial charge in [-0.15, -0.1) is 0 Å². The van der Waals surface area contributed by atoms with E-state index in [2.05, 4.69) is 50.2 Å². The first-order chi connectivity index (χ1) is 19.1. The molecule has 0 unspecified atom stereocenters. The average molecular weight is 513 g/mol. The zero-order valence-electron chi connectivity index (χ0n) is 21.9. The molecule has 0 saturated heterocycles. The predicted octanol–water partition coefficient (Wildman–Crippen LogP) is 8.85. The minimum absolute atomic E-state index is 0.625. The van der Waals surface area contributed by atoms with Crippen molar-refractivity contribution < 1.29 is 18.9 Å². The van der Waals surface area contributed by atoms with Gasteiger partial charge >= 0.3 is 0 Å². The highest BCUT2D eigenvalue weighted by molar-refractivity contribution is 5.54. The first-order valence-electron chi connectivity index (χ1n) is 13.3. The Morgan fingerprint density at radius 1 is 0.513 bits per heavy atom. The van der Waals surface area contributed by atoms with E-state index >= 15 is 0 Å². The quantitative estimate of drug-likeness (QED) is 0.216. The van der Waals surface area contributed by atoms with E-state index in [1.165, 1.54) is 22.3 Å². The summed E-state index contributed by atoms with van der Waals surface area (Å²) >= 11 is 0. The van der Waals surface area contributed by atoms with E-state index in [1.54, 1.807) is 0 Å². The van der Waals surface area contributed by atoms with E-state index in [1.807, 2.05) is 66.7 Å². The highest BCUT2D eigenvalue weighted by Crippen LogP contribution is 2.41. The summed E-state index contributed by atoms with van der Waals surface area (Å²) in [5.74, 6) is 5.02. The van der Waals surface area contributed by atoms with Crippen LogP contribution in [0.25, 0.3) is 0 Å². The van der Waals surface area contributed by atoms with Gasteiger partial charge in [-0.3, -0.25) is 0 Å². The fraction of sp³-hybridized carbons (Fsp3) is 0.143. The second-order valence-electron chi connectivity index (χ2n) is 10.3. The molecular formula is C35H28O4. The summed E-state index contributed by atoms with van der Waals surface area (Å²) in [6.07, 6.45) is 0.971. The molecule has 0 atom stereocenters. The Bertz CT molecular complexity index is 1580. The monoisotopic (exact) mass is 512 g/mol. The predicted molar refractivity (Wildman–Crippen MR) is 151 cm³/mol. The molecule has 39 heavy (non-hydrogen) atoms. The van der Waals surface area contributed by atoms with E-state index in [4.69, 9.17) is 18.9 Å². The minimum atomic E-state index is -0.625. The van der Waals surface area contributed by atoms with Crippen LogP contribution in [0.2, 0.25) is 0 Å². The minimum Gasteiger partial charge on any atom is -0.457 e. The Balaban J connectivity index is 1.16. The summed E-state index contributed by atoms with van der Waals surface area (Å²) in [5, 5.41) is 0. The molecule has 5 aromatic rings. The Morgan fingerprint density at radius 2 is 0.949 bits per heavy atom. The maximum Gasteiger partial charge on any atom is 0.267 e. The lowest BCUT2D eigenvalue weighted by molar-refractivity contribution is 0.00364. The van der Waals surface area contributed by atoms with E-state index in [0.29, 0.717) is 0 Å². The van der Waals surface area contributed by atoms with Crippen LogP contribution >= 0.6 is 0 Å². The summed E-state index contributed by atoms with van der Waals surface area (Å²) in [4.78, 5) is 0. The van der Waals surface area contributed by atoms with Gasteiger partial charge in [-0.25, -0.2) is 0 Å². The van der Waals surface area contributed by atoms with Crippen molar-refractivity contribution in [3.8, 4) is 34.5 Å². The van der Waals surface area contributed by atoms with Crippen LogP contribution in [0.15, 0.2) is 103 Å². The summed E-state index contributed by atoms with van der Waals surface area (Å²) in [6, 6.07) is 34.6. The number of ether oxygens (including phenoxy) is 4. The Kier molecular flexibility index (Phi) is 5.74. The smallest absolute Gasteiger partial charge is 0.267 e. The maximum absolute atomic E-state index is 6.49. The second-order valence-corrected chi connectivity index (χ2v) is 10.3. The number of benzene rings is 5. The lowest BCUT2D eigenvalue weighted by Gasteiger charge is -2.25. The fourth-order valence-electron chi connectivity index (χ4n) is 5.29. The molecule has 0 amide bonds. The summed E-state index contributed by atoms with van der Waals surface area (Å²) in [5.41, 5.74) is 7.93. The molecule has 0 fully saturated rings. The van der Waals surface area contributed by atoms with Crippen LogP contribution in [-0.4, -0.2) is 0 Å². The molecule has 0 bridgehead atoms. The maximum atomic E-state index is 6.49. The van der Waals surface area contributed by atoms with Gasteiger partial charge in [0.05, 0.1) is 0 Å². The third kappa shape index (κ3) is 4.70. The van der Waals surface area contributed by atoms with Crippen LogP contribution in [0.5, 0.6) is 34.5 Å². The van der Waals surface area contributed by atoms with Crippen molar-refractivity contribution in [3.63, 3.8) is 0 Å². The Hall–Kier alpha value is -4.70. The van der Waals surface area contributed by atoms with Crippen LogP contribution in [-0.2, 0) is 12.8 Å². The number of hydrogen-bond donors (Lipinski definition) is 0. The number of aryl methyl sites for hydroxylation is 2. The van der Waals surface area contributed by atoms with Crippen LogP contribution < -0.4 is 18.9 Å².